The molecule has 8 nitrogen and oxygen atoms in total. The molecule has 0 bridgehead atoms. The van der Waals surface area contributed by atoms with Gasteiger partial charge in [-0.2, -0.15) is 0 Å². The Labute approximate surface area is 195 Å². The molecule has 8 heteroatoms. The lowest BCUT2D eigenvalue weighted by molar-refractivity contribution is 0.146. The maximum absolute atomic E-state index is 5.61. The van der Waals surface area contributed by atoms with E-state index in [1.807, 2.05) is 48.0 Å². The van der Waals surface area contributed by atoms with Crippen molar-refractivity contribution in [3.05, 3.63) is 72.0 Å². The van der Waals surface area contributed by atoms with Gasteiger partial charge in [-0.1, -0.05) is 13.0 Å². The molecule has 1 aromatic carbocycles. The second-order valence-corrected chi connectivity index (χ2v) is 7.48. The van der Waals surface area contributed by atoms with Crippen molar-refractivity contribution in [3.8, 4) is 11.6 Å². The minimum atomic E-state index is 0.516. The largest absolute Gasteiger partial charge is 0.491 e. The van der Waals surface area contributed by atoms with Crippen molar-refractivity contribution in [2.24, 2.45) is 0 Å². The topological polar surface area (TPSA) is 86.1 Å². The summed E-state index contributed by atoms with van der Waals surface area (Å²) in [4.78, 5) is 13.3. The summed E-state index contributed by atoms with van der Waals surface area (Å²) in [5.74, 6) is 2.87. The number of rotatable bonds is 11. The fourth-order valence-corrected chi connectivity index (χ4v) is 3.13. The second-order valence-electron chi connectivity index (χ2n) is 7.48. The Balaban J connectivity index is 1.78. The zero-order valence-electron chi connectivity index (χ0n) is 19.9. The summed E-state index contributed by atoms with van der Waals surface area (Å²) in [6.45, 7) is 9.47. The first-order valence-corrected chi connectivity index (χ1v) is 11.0. The third-order valence-corrected chi connectivity index (χ3v) is 5.24. The zero-order chi connectivity index (χ0) is 23.6. The summed E-state index contributed by atoms with van der Waals surface area (Å²) in [6, 6.07) is 9.59. The van der Waals surface area contributed by atoms with E-state index in [0.29, 0.717) is 30.8 Å². The van der Waals surface area contributed by atoms with Crippen molar-refractivity contribution in [2.75, 3.05) is 31.0 Å². The van der Waals surface area contributed by atoms with Gasteiger partial charge in [-0.05, 0) is 62.6 Å². The molecule has 0 atom stereocenters. The van der Waals surface area contributed by atoms with Crippen LogP contribution >= 0.6 is 0 Å². The molecule has 2 aromatic heterocycles. The SMILES string of the molecule is C/C=C(C)\C(Nc1nccn1-c1cc(Nc2ccc(OCCOC)cc2)ncn1)=C(\C)CC. The summed E-state index contributed by atoms with van der Waals surface area (Å²) >= 11 is 0. The van der Waals surface area contributed by atoms with E-state index in [2.05, 4.69) is 52.4 Å². The van der Waals surface area contributed by atoms with E-state index in [9.17, 15) is 0 Å². The molecular weight excluding hydrogens is 416 g/mol. The number of allylic oxidation sites excluding steroid dienone is 3. The zero-order valence-corrected chi connectivity index (χ0v) is 19.9. The van der Waals surface area contributed by atoms with Crippen molar-refractivity contribution >= 4 is 17.5 Å². The van der Waals surface area contributed by atoms with Gasteiger partial charge in [0.2, 0.25) is 5.95 Å². The van der Waals surface area contributed by atoms with Gasteiger partial charge in [-0.15, -0.1) is 0 Å². The van der Waals surface area contributed by atoms with Crippen LogP contribution in [0.15, 0.2) is 72.0 Å². The molecule has 174 valence electrons. The van der Waals surface area contributed by atoms with Crippen molar-refractivity contribution < 1.29 is 9.47 Å². The van der Waals surface area contributed by atoms with Crippen LogP contribution in [0.4, 0.5) is 17.5 Å². The first-order chi connectivity index (χ1) is 16.0. The van der Waals surface area contributed by atoms with Gasteiger partial charge in [0.05, 0.1) is 6.61 Å². The number of benzene rings is 1. The van der Waals surface area contributed by atoms with E-state index in [4.69, 9.17) is 9.47 Å². The molecule has 0 amide bonds. The number of imidazole rings is 1. The van der Waals surface area contributed by atoms with Crippen LogP contribution in [0.2, 0.25) is 0 Å². The molecule has 2 N–H and O–H groups in total. The number of nitrogens with one attached hydrogen (secondary N) is 2. The van der Waals surface area contributed by atoms with Crippen LogP contribution in [0.5, 0.6) is 5.75 Å². The number of hydrogen-bond acceptors (Lipinski definition) is 7. The lowest BCUT2D eigenvalue weighted by atomic mass is 10.1. The average Bonchev–Trinajstić information content (AvgIpc) is 3.31. The normalized spacial score (nSPS) is 12.3. The lowest BCUT2D eigenvalue weighted by Crippen LogP contribution is -2.10. The predicted octanol–water partition coefficient (Wildman–Crippen LogP) is 5.49. The fourth-order valence-electron chi connectivity index (χ4n) is 3.13. The molecule has 2 heterocycles. The molecule has 3 aromatic rings. The number of methoxy groups -OCH3 is 1. The molecule has 33 heavy (non-hydrogen) atoms. The smallest absolute Gasteiger partial charge is 0.213 e. The van der Waals surface area contributed by atoms with E-state index in [0.717, 1.165) is 23.6 Å². The predicted molar refractivity (Wildman–Crippen MR) is 132 cm³/mol. The molecule has 3 rings (SSSR count). The van der Waals surface area contributed by atoms with Crippen LogP contribution in [0.3, 0.4) is 0 Å². The number of hydrogen-bond donors (Lipinski definition) is 2. The van der Waals surface area contributed by atoms with Gasteiger partial charge in [0.25, 0.3) is 0 Å². The minimum Gasteiger partial charge on any atom is -0.491 e. The molecule has 0 aliphatic carbocycles. The van der Waals surface area contributed by atoms with Crippen molar-refractivity contribution in [3.63, 3.8) is 0 Å². The van der Waals surface area contributed by atoms with Crippen LogP contribution in [0.25, 0.3) is 5.82 Å². The lowest BCUT2D eigenvalue weighted by Gasteiger charge is -2.16. The van der Waals surface area contributed by atoms with Crippen molar-refractivity contribution in [1.82, 2.24) is 19.5 Å². The van der Waals surface area contributed by atoms with Gasteiger partial charge in [0.1, 0.15) is 30.3 Å². The van der Waals surface area contributed by atoms with Gasteiger partial charge in [0.15, 0.2) is 0 Å². The van der Waals surface area contributed by atoms with Crippen LogP contribution < -0.4 is 15.4 Å². The first kappa shape index (κ1) is 24.0. The standard InChI is InChI=1S/C25H32N6O2/c1-6-18(3)24(19(4)7-2)30-25-26-12-13-31(25)23-16-22(27-17-28-23)29-20-8-10-21(11-9-20)33-15-14-32-5/h6,8-13,16-17H,7,14-15H2,1-5H3,(H,26,30)(H,27,28,29)/b18-6-,24-19+. The van der Waals surface area contributed by atoms with Gasteiger partial charge >= 0.3 is 0 Å². The van der Waals surface area contributed by atoms with Crippen LogP contribution in [0.1, 0.15) is 34.1 Å². The first-order valence-electron chi connectivity index (χ1n) is 11.0. The Bertz CT molecular complexity index is 1100. The third-order valence-electron chi connectivity index (χ3n) is 5.24. The quantitative estimate of drug-likeness (QED) is 0.296. The summed E-state index contributed by atoms with van der Waals surface area (Å²) in [5.41, 5.74) is 4.41. The van der Waals surface area contributed by atoms with Crippen molar-refractivity contribution in [1.29, 1.82) is 0 Å². The number of anilines is 3. The Hall–Kier alpha value is -3.65. The number of nitrogens with zero attached hydrogens (tertiary/aromatic N) is 4. The highest BCUT2D eigenvalue weighted by Crippen LogP contribution is 2.23. The van der Waals surface area contributed by atoms with Gasteiger partial charge in [-0.3, -0.25) is 4.57 Å². The molecule has 0 aliphatic rings. The number of aromatic nitrogens is 4. The highest BCUT2D eigenvalue weighted by atomic mass is 16.5. The maximum atomic E-state index is 5.61. The summed E-state index contributed by atoms with van der Waals surface area (Å²) in [7, 11) is 1.65. The average molecular weight is 449 g/mol. The van der Waals surface area contributed by atoms with Crippen LogP contribution in [0, 0.1) is 0 Å². The molecule has 0 aliphatic heterocycles. The van der Waals surface area contributed by atoms with Crippen molar-refractivity contribution in [2.45, 2.75) is 34.1 Å². The second kappa shape index (κ2) is 11.8. The summed E-state index contributed by atoms with van der Waals surface area (Å²) in [5, 5.41) is 6.80. The summed E-state index contributed by atoms with van der Waals surface area (Å²) < 4.78 is 12.5. The van der Waals surface area contributed by atoms with E-state index < -0.39 is 0 Å². The summed E-state index contributed by atoms with van der Waals surface area (Å²) in [6.07, 6.45) is 8.21. The monoisotopic (exact) mass is 448 g/mol. The highest BCUT2D eigenvalue weighted by molar-refractivity contribution is 5.59. The Morgan fingerprint density at radius 3 is 2.58 bits per heavy atom. The Kier molecular flexibility index (Phi) is 8.60. The van der Waals surface area contributed by atoms with E-state index in [1.165, 1.54) is 17.5 Å². The molecule has 0 saturated heterocycles. The van der Waals surface area contributed by atoms with E-state index in [1.54, 1.807) is 13.3 Å². The van der Waals surface area contributed by atoms with Crippen LogP contribution in [-0.4, -0.2) is 39.8 Å². The van der Waals surface area contributed by atoms with Gasteiger partial charge < -0.3 is 20.1 Å². The molecule has 0 saturated carbocycles. The maximum Gasteiger partial charge on any atom is 0.213 e. The molecule has 0 fully saturated rings. The van der Waals surface area contributed by atoms with Gasteiger partial charge in [-0.25, -0.2) is 15.0 Å². The van der Waals surface area contributed by atoms with Crippen LogP contribution in [-0.2, 0) is 4.74 Å². The third kappa shape index (κ3) is 6.43. The van der Waals surface area contributed by atoms with E-state index in [-0.39, 0.29) is 0 Å². The molecule has 0 spiro atoms. The highest BCUT2D eigenvalue weighted by Gasteiger charge is 2.12. The fraction of sp³-hybridized carbons (Fsp3) is 0.320. The molecule has 0 unspecified atom stereocenters. The Morgan fingerprint density at radius 1 is 1.09 bits per heavy atom. The minimum absolute atomic E-state index is 0.516. The van der Waals surface area contributed by atoms with Gasteiger partial charge in [0, 0.05) is 37.0 Å². The molecular formula is C25H32N6O2. The number of ether oxygens (including phenoxy) is 2. The molecule has 0 radical (unpaired) electrons. The van der Waals surface area contributed by atoms with E-state index >= 15 is 0 Å². The Morgan fingerprint density at radius 2 is 1.88 bits per heavy atom.